The molecule has 0 radical (unpaired) electrons. The van der Waals surface area contributed by atoms with Crippen molar-refractivity contribution in [3.63, 3.8) is 0 Å². The molecule has 5 atom stereocenters. The molecule has 1 aromatic carbocycles. The molecule has 3 aliphatic rings. The van der Waals surface area contributed by atoms with Crippen LogP contribution in [0.4, 0.5) is 0 Å². The standard InChI is InChI=1S/C21H28N2O2/c1-3-14-13-23-10-8-15(14)11-20(23)21(24)17-7-9-22-19-6-5-16(25-4-2)12-18(17)19/h5-7,9,12,14-15,20-21,24H,3-4,8,10-11,13H2,1-2H3/t14?,15?,20?,21-/m1/s1. The van der Waals surface area contributed by atoms with Crippen LogP contribution < -0.4 is 4.74 Å². The lowest BCUT2D eigenvalue weighted by Gasteiger charge is -2.51. The van der Waals surface area contributed by atoms with Gasteiger partial charge in [-0.1, -0.05) is 13.3 Å². The van der Waals surface area contributed by atoms with E-state index in [2.05, 4.69) is 16.8 Å². The number of fused-ring (bicyclic) bond motifs is 4. The first-order chi connectivity index (χ1) is 12.2. The average Bonchev–Trinajstić information content (AvgIpc) is 2.67. The van der Waals surface area contributed by atoms with Crippen LogP contribution in [-0.4, -0.2) is 40.7 Å². The third-order valence-corrected chi connectivity index (χ3v) is 6.20. The van der Waals surface area contributed by atoms with Crippen LogP contribution in [0.3, 0.4) is 0 Å². The number of hydrogen-bond acceptors (Lipinski definition) is 4. The minimum atomic E-state index is -0.469. The maximum Gasteiger partial charge on any atom is 0.120 e. The Morgan fingerprint density at radius 1 is 1.32 bits per heavy atom. The fourth-order valence-corrected chi connectivity index (χ4v) is 4.84. The number of aliphatic hydroxyl groups is 1. The maximum atomic E-state index is 11.2. The van der Waals surface area contributed by atoms with Crippen molar-refractivity contribution in [1.29, 1.82) is 0 Å². The summed E-state index contributed by atoms with van der Waals surface area (Å²) in [5, 5.41) is 12.2. The largest absolute Gasteiger partial charge is 0.494 e. The summed E-state index contributed by atoms with van der Waals surface area (Å²) >= 11 is 0. The van der Waals surface area contributed by atoms with Gasteiger partial charge in [0.1, 0.15) is 5.75 Å². The van der Waals surface area contributed by atoms with Crippen molar-refractivity contribution in [2.45, 2.75) is 45.3 Å². The predicted octanol–water partition coefficient (Wildman–Crippen LogP) is 3.79. The summed E-state index contributed by atoms with van der Waals surface area (Å²) in [5.74, 6) is 2.41. The zero-order chi connectivity index (χ0) is 17.4. The predicted molar refractivity (Wildman–Crippen MR) is 99.7 cm³/mol. The fourth-order valence-electron chi connectivity index (χ4n) is 4.84. The van der Waals surface area contributed by atoms with E-state index in [9.17, 15) is 5.11 Å². The summed E-state index contributed by atoms with van der Waals surface area (Å²) in [5.41, 5.74) is 1.90. The molecule has 2 bridgehead atoms. The molecule has 3 aliphatic heterocycles. The summed E-state index contributed by atoms with van der Waals surface area (Å²) in [7, 11) is 0. The van der Waals surface area contributed by atoms with Crippen molar-refractivity contribution in [3.05, 3.63) is 36.0 Å². The fraction of sp³-hybridized carbons (Fsp3) is 0.571. The Balaban J connectivity index is 1.66. The topological polar surface area (TPSA) is 45.6 Å². The highest BCUT2D eigenvalue weighted by molar-refractivity contribution is 5.83. The van der Waals surface area contributed by atoms with E-state index in [0.29, 0.717) is 6.61 Å². The van der Waals surface area contributed by atoms with Crippen LogP contribution in [0.25, 0.3) is 10.9 Å². The third kappa shape index (κ3) is 3.02. The van der Waals surface area contributed by atoms with Gasteiger partial charge in [-0.25, -0.2) is 0 Å². The van der Waals surface area contributed by atoms with E-state index in [0.717, 1.165) is 53.6 Å². The molecule has 5 rings (SSSR count). The van der Waals surface area contributed by atoms with Gasteiger partial charge in [-0.2, -0.15) is 0 Å². The number of piperidine rings is 3. The number of aliphatic hydroxyl groups excluding tert-OH is 1. The normalized spacial score (nSPS) is 29.7. The first-order valence-corrected chi connectivity index (χ1v) is 9.64. The highest BCUT2D eigenvalue weighted by atomic mass is 16.5. The SMILES string of the molecule is CCOc1ccc2nccc([C@@H](O)C3CC4CCN3CC4CC)c2c1. The molecule has 2 aromatic rings. The van der Waals surface area contributed by atoms with Gasteiger partial charge in [-0.15, -0.1) is 0 Å². The monoisotopic (exact) mass is 340 g/mol. The van der Waals surface area contributed by atoms with Crippen LogP contribution in [0, 0.1) is 11.8 Å². The van der Waals surface area contributed by atoms with Gasteiger partial charge in [-0.05, 0) is 68.0 Å². The zero-order valence-corrected chi connectivity index (χ0v) is 15.2. The molecule has 0 aliphatic carbocycles. The van der Waals surface area contributed by atoms with Gasteiger partial charge in [-0.3, -0.25) is 9.88 Å². The van der Waals surface area contributed by atoms with Crippen molar-refractivity contribution in [3.8, 4) is 5.75 Å². The van der Waals surface area contributed by atoms with Gasteiger partial charge in [0.05, 0.1) is 18.2 Å². The zero-order valence-electron chi connectivity index (χ0n) is 15.2. The second-order valence-electron chi connectivity index (χ2n) is 7.47. The lowest BCUT2D eigenvalue weighted by molar-refractivity contribution is -0.0562. The van der Waals surface area contributed by atoms with Gasteiger partial charge < -0.3 is 9.84 Å². The molecule has 1 aromatic heterocycles. The maximum absolute atomic E-state index is 11.2. The van der Waals surface area contributed by atoms with Crippen molar-refractivity contribution >= 4 is 10.9 Å². The number of ether oxygens (including phenoxy) is 1. The molecule has 0 saturated carbocycles. The number of pyridine rings is 1. The van der Waals surface area contributed by atoms with Crippen molar-refractivity contribution in [2.24, 2.45) is 11.8 Å². The number of nitrogens with zero attached hydrogens (tertiary/aromatic N) is 2. The van der Waals surface area contributed by atoms with E-state index in [1.165, 1.54) is 12.8 Å². The van der Waals surface area contributed by atoms with E-state index >= 15 is 0 Å². The number of rotatable bonds is 5. The molecule has 0 spiro atoms. The molecule has 4 nitrogen and oxygen atoms in total. The third-order valence-electron chi connectivity index (χ3n) is 6.20. The van der Waals surface area contributed by atoms with E-state index in [4.69, 9.17) is 4.74 Å². The number of benzene rings is 1. The molecule has 4 heteroatoms. The van der Waals surface area contributed by atoms with Crippen molar-refractivity contribution in [2.75, 3.05) is 19.7 Å². The first-order valence-electron chi connectivity index (χ1n) is 9.64. The summed E-state index contributed by atoms with van der Waals surface area (Å²) in [6.45, 7) is 7.18. The Kier molecular flexibility index (Phi) is 4.65. The van der Waals surface area contributed by atoms with E-state index < -0.39 is 6.10 Å². The highest BCUT2D eigenvalue weighted by Crippen LogP contribution is 2.42. The second-order valence-corrected chi connectivity index (χ2v) is 7.47. The highest BCUT2D eigenvalue weighted by Gasteiger charge is 2.42. The Morgan fingerprint density at radius 2 is 2.20 bits per heavy atom. The average molecular weight is 340 g/mol. The minimum absolute atomic E-state index is 0.225. The van der Waals surface area contributed by atoms with Gasteiger partial charge in [0.2, 0.25) is 0 Å². The quantitative estimate of drug-likeness (QED) is 0.899. The second kappa shape index (κ2) is 6.93. The van der Waals surface area contributed by atoms with Gasteiger partial charge in [0.15, 0.2) is 0 Å². The lowest BCUT2D eigenvalue weighted by Crippen LogP contribution is -2.55. The molecular formula is C21H28N2O2. The Labute approximate surface area is 149 Å². The Bertz CT molecular complexity index is 748. The molecule has 4 unspecified atom stereocenters. The van der Waals surface area contributed by atoms with Gasteiger partial charge in [0, 0.05) is 24.2 Å². The number of aromatic nitrogens is 1. The van der Waals surface area contributed by atoms with Crippen LogP contribution in [0.2, 0.25) is 0 Å². The van der Waals surface area contributed by atoms with Crippen LogP contribution in [0.5, 0.6) is 5.75 Å². The van der Waals surface area contributed by atoms with Gasteiger partial charge >= 0.3 is 0 Å². The lowest BCUT2D eigenvalue weighted by atomic mass is 9.72. The Hall–Kier alpha value is -1.65. The summed E-state index contributed by atoms with van der Waals surface area (Å²) in [4.78, 5) is 6.98. The van der Waals surface area contributed by atoms with Crippen molar-refractivity contribution < 1.29 is 9.84 Å². The molecule has 0 amide bonds. The molecule has 1 N–H and O–H groups in total. The first kappa shape index (κ1) is 16.8. The molecular weight excluding hydrogens is 312 g/mol. The smallest absolute Gasteiger partial charge is 0.120 e. The van der Waals surface area contributed by atoms with Crippen LogP contribution in [-0.2, 0) is 0 Å². The Morgan fingerprint density at radius 3 is 2.92 bits per heavy atom. The summed E-state index contributed by atoms with van der Waals surface area (Å²) < 4.78 is 5.65. The summed E-state index contributed by atoms with van der Waals surface area (Å²) in [6, 6.07) is 8.16. The van der Waals surface area contributed by atoms with E-state index in [1.807, 2.05) is 37.4 Å². The molecule has 4 heterocycles. The van der Waals surface area contributed by atoms with E-state index in [1.54, 1.807) is 0 Å². The summed E-state index contributed by atoms with van der Waals surface area (Å²) in [6.07, 6.45) is 4.98. The molecule has 25 heavy (non-hydrogen) atoms. The van der Waals surface area contributed by atoms with Crippen LogP contribution in [0.15, 0.2) is 30.5 Å². The molecule has 3 saturated heterocycles. The van der Waals surface area contributed by atoms with Gasteiger partial charge in [0.25, 0.3) is 0 Å². The number of hydrogen-bond donors (Lipinski definition) is 1. The minimum Gasteiger partial charge on any atom is -0.494 e. The van der Waals surface area contributed by atoms with Crippen molar-refractivity contribution in [1.82, 2.24) is 9.88 Å². The molecule has 134 valence electrons. The van der Waals surface area contributed by atoms with Crippen LogP contribution in [0.1, 0.15) is 44.8 Å². The molecule has 3 fully saturated rings. The van der Waals surface area contributed by atoms with E-state index in [-0.39, 0.29) is 6.04 Å². The van der Waals surface area contributed by atoms with Crippen LogP contribution >= 0.6 is 0 Å².